The standard InChI is InChI=1S/C14H14N4/c1-3-6-13(10-15-2)18-11-12(9-17-18)14-7-4-5-8-16-14/h3-11H,1H2,2H3. The van der Waals surface area contributed by atoms with E-state index in [1.807, 2.05) is 30.5 Å². The molecule has 0 aliphatic heterocycles. The van der Waals surface area contributed by atoms with Crippen LogP contribution in [0.2, 0.25) is 0 Å². The van der Waals surface area contributed by atoms with Crippen molar-refractivity contribution in [2.45, 2.75) is 0 Å². The summed E-state index contributed by atoms with van der Waals surface area (Å²) in [6, 6.07) is 5.79. The molecule has 2 aromatic rings. The first kappa shape index (κ1) is 12.0. The number of aliphatic imine (C=N–C) groups is 1. The summed E-state index contributed by atoms with van der Waals surface area (Å²) in [5, 5.41) is 4.30. The fraction of sp³-hybridized carbons (Fsp3) is 0.0714. The van der Waals surface area contributed by atoms with Crippen LogP contribution in [0.3, 0.4) is 0 Å². The predicted octanol–water partition coefficient (Wildman–Crippen LogP) is 2.67. The van der Waals surface area contributed by atoms with Gasteiger partial charge in [0, 0.05) is 31.2 Å². The first-order chi connectivity index (χ1) is 8.85. The van der Waals surface area contributed by atoms with Gasteiger partial charge in [0.05, 0.1) is 17.6 Å². The van der Waals surface area contributed by atoms with Crippen molar-refractivity contribution in [2.24, 2.45) is 4.99 Å². The normalized spacial score (nSPS) is 11.9. The molecule has 90 valence electrons. The molecule has 0 unspecified atom stereocenters. The van der Waals surface area contributed by atoms with Gasteiger partial charge in [0.25, 0.3) is 0 Å². The quantitative estimate of drug-likeness (QED) is 0.607. The Bertz CT molecular complexity index is 579. The molecule has 0 bridgehead atoms. The van der Waals surface area contributed by atoms with E-state index in [1.54, 1.807) is 36.4 Å². The van der Waals surface area contributed by atoms with Crippen LogP contribution in [0.15, 0.2) is 60.5 Å². The summed E-state index contributed by atoms with van der Waals surface area (Å²) in [5.74, 6) is 0. The van der Waals surface area contributed by atoms with Crippen molar-refractivity contribution in [1.29, 1.82) is 0 Å². The molecule has 0 radical (unpaired) electrons. The fourth-order valence-corrected chi connectivity index (χ4v) is 1.56. The van der Waals surface area contributed by atoms with Gasteiger partial charge in [-0.15, -0.1) is 0 Å². The van der Waals surface area contributed by atoms with Crippen molar-refractivity contribution in [2.75, 3.05) is 7.05 Å². The highest BCUT2D eigenvalue weighted by Crippen LogP contribution is 2.16. The van der Waals surface area contributed by atoms with Gasteiger partial charge in [-0.05, 0) is 18.2 Å². The van der Waals surface area contributed by atoms with Gasteiger partial charge in [0.15, 0.2) is 0 Å². The first-order valence-corrected chi connectivity index (χ1v) is 5.56. The molecule has 0 aromatic carbocycles. The van der Waals surface area contributed by atoms with Gasteiger partial charge >= 0.3 is 0 Å². The molecule has 0 aliphatic carbocycles. The van der Waals surface area contributed by atoms with Crippen molar-refractivity contribution in [3.63, 3.8) is 0 Å². The second kappa shape index (κ2) is 5.72. The third kappa shape index (κ3) is 2.60. The van der Waals surface area contributed by atoms with Crippen molar-refractivity contribution in [3.8, 4) is 11.3 Å². The van der Waals surface area contributed by atoms with Crippen molar-refractivity contribution < 1.29 is 0 Å². The van der Waals surface area contributed by atoms with Crippen molar-refractivity contribution in [1.82, 2.24) is 14.8 Å². The minimum absolute atomic E-state index is 0.856. The Labute approximate surface area is 106 Å². The number of rotatable bonds is 4. The summed E-state index contributed by atoms with van der Waals surface area (Å²) in [6.45, 7) is 3.68. The summed E-state index contributed by atoms with van der Waals surface area (Å²) >= 11 is 0. The zero-order chi connectivity index (χ0) is 12.8. The molecule has 0 aliphatic rings. The molecule has 18 heavy (non-hydrogen) atoms. The topological polar surface area (TPSA) is 43.1 Å². The highest BCUT2D eigenvalue weighted by molar-refractivity contribution is 6.02. The second-order valence-electron chi connectivity index (χ2n) is 3.60. The predicted molar refractivity (Wildman–Crippen MR) is 74.3 cm³/mol. The van der Waals surface area contributed by atoms with Crippen LogP contribution in [-0.4, -0.2) is 28.0 Å². The Morgan fingerprint density at radius 2 is 2.33 bits per heavy atom. The van der Waals surface area contributed by atoms with E-state index in [9.17, 15) is 0 Å². The summed E-state index contributed by atoms with van der Waals surface area (Å²) < 4.78 is 1.75. The Kier molecular flexibility index (Phi) is 3.81. The van der Waals surface area contributed by atoms with Crippen LogP contribution >= 0.6 is 0 Å². The van der Waals surface area contributed by atoms with Crippen LogP contribution in [0, 0.1) is 0 Å². The smallest absolute Gasteiger partial charge is 0.0823 e. The summed E-state index contributed by atoms with van der Waals surface area (Å²) in [6.07, 6.45) is 10.8. The number of hydrogen-bond acceptors (Lipinski definition) is 3. The van der Waals surface area contributed by atoms with Gasteiger partial charge in [-0.3, -0.25) is 9.98 Å². The summed E-state index contributed by atoms with van der Waals surface area (Å²) in [7, 11) is 1.72. The lowest BCUT2D eigenvalue weighted by molar-refractivity contribution is 0.919. The molecular weight excluding hydrogens is 224 g/mol. The van der Waals surface area contributed by atoms with E-state index in [1.165, 1.54) is 0 Å². The maximum Gasteiger partial charge on any atom is 0.0823 e. The average molecular weight is 238 g/mol. The molecule has 0 N–H and O–H groups in total. The SMILES string of the molecule is C=CC=C(C=NC)n1cc(-c2ccccn2)cn1. The third-order valence-corrected chi connectivity index (χ3v) is 2.36. The molecule has 4 heteroatoms. The number of aromatic nitrogens is 3. The van der Waals surface area contributed by atoms with Gasteiger partial charge in [-0.1, -0.05) is 18.7 Å². The van der Waals surface area contributed by atoms with Gasteiger partial charge in [-0.25, -0.2) is 4.68 Å². The minimum Gasteiger partial charge on any atom is -0.294 e. The number of nitrogens with zero attached hydrogens (tertiary/aromatic N) is 4. The lowest BCUT2D eigenvalue weighted by Gasteiger charge is -1.99. The molecule has 2 aromatic heterocycles. The summed E-state index contributed by atoms with van der Waals surface area (Å²) in [4.78, 5) is 8.28. The lowest BCUT2D eigenvalue weighted by atomic mass is 10.2. The van der Waals surface area contributed by atoms with Gasteiger partial charge in [0.2, 0.25) is 0 Å². The van der Waals surface area contributed by atoms with E-state index in [2.05, 4.69) is 21.7 Å². The maximum absolute atomic E-state index is 4.30. The molecule has 0 atom stereocenters. The third-order valence-electron chi connectivity index (χ3n) is 2.36. The first-order valence-electron chi connectivity index (χ1n) is 5.56. The van der Waals surface area contributed by atoms with Crippen LogP contribution in [0.25, 0.3) is 17.0 Å². The Morgan fingerprint density at radius 3 is 3.00 bits per heavy atom. The molecule has 0 spiro atoms. The Balaban J connectivity index is 2.36. The van der Waals surface area contributed by atoms with E-state index in [0.29, 0.717) is 0 Å². The van der Waals surface area contributed by atoms with E-state index >= 15 is 0 Å². The van der Waals surface area contributed by atoms with E-state index in [0.717, 1.165) is 17.0 Å². The van der Waals surface area contributed by atoms with Crippen molar-refractivity contribution >= 4 is 11.9 Å². The van der Waals surface area contributed by atoms with Crippen LogP contribution in [0.1, 0.15) is 0 Å². The summed E-state index contributed by atoms with van der Waals surface area (Å²) in [5.41, 5.74) is 2.72. The van der Waals surface area contributed by atoms with Crippen LogP contribution in [0.4, 0.5) is 0 Å². The zero-order valence-corrected chi connectivity index (χ0v) is 10.2. The molecule has 2 heterocycles. The number of hydrogen-bond donors (Lipinski definition) is 0. The fourth-order valence-electron chi connectivity index (χ4n) is 1.56. The van der Waals surface area contributed by atoms with Gasteiger partial charge in [-0.2, -0.15) is 5.10 Å². The average Bonchev–Trinajstić information content (AvgIpc) is 2.89. The number of pyridine rings is 1. The molecule has 0 amide bonds. The molecule has 0 saturated heterocycles. The largest absolute Gasteiger partial charge is 0.294 e. The monoisotopic (exact) mass is 238 g/mol. The molecule has 0 fully saturated rings. The van der Waals surface area contributed by atoms with E-state index in [4.69, 9.17) is 0 Å². The lowest BCUT2D eigenvalue weighted by Crippen LogP contribution is -1.98. The van der Waals surface area contributed by atoms with E-state index in [-0.39, 0.29) is 0 Å². The molecule has 2 rings (SSSR count). The molecular formula is C14H14N4. The van der Waals surface area contributed by atoms with Crippen LogP contribution < -0.4 is 0 Å². The highest BCUT2D eigenvalue weighted by Gasteiger charge is 2.04. The van der Waals surface area contributed by atoms with Crippen LogP contribution in [0.5, 0.6) is 0 Å². The second-order valence-corrected chi connectivity index (χ2v) is 3.60. The van der Waals surface area contributed by atoms with Crippen LogP contribution in [-0.2, 0) is 0 Å². The molecule has 0 saturated carbocycles. The maximum atomic E-state index is 4.30. The van der Waals surface area contributed by atoms with E-state index < -0.39 is 0 Å². The highest BCUT2D eigenvalue weighted by atomic mass is 15.3. The minimum atomic E-state index is 0.856. The van der Waals surface area contributed by atoms with Gasteiger partial charge < -0.3 is 0 Å². The number of allylic oxidation sites excluding steroid dienone is 3. The Morgan fingerprint density at radius 1 is 1.44 bits per heavy atom. The van der Waals surface area contributed by atoms with Crippen molar-refractivity contribution in [3.05, 3.63) is 55.5 Å². The van der Waals surface area contributed by atoms with Gasteiger partial charge in [0.1, 0.15) is 0 Å². The molecule has 4 nitrogen and oxygen atoms in total. The Hall–Kier alpha value is -2.49. The zero-order valence-electron chi connectivity index (χ0n) is 10.2.